The van der Waals surface area contributed by atoms with Crippen molar-refractivity contribution in [1.29, 1.82) is 0 Å². The van der Waals surface area contributed by atoms with Crippen molar-refractivity contribution in [2.45, 2.75) is 26.8 Å². The number of hydrogen-bond acceptors (Lipinski definition) is 1. The quantitative estimate of drug-likeness (QED) is 0.853. The van der Waals surface area contributed by atoms with E-state index in [0.29, 0.717) is 0 Å². The van der Waals surface area contributed by atoms with E-state index in [2.05, 4.69) is 18.3 Å². The largest absolute Gasteiger partial charge is 0.307 e. The summed E-state index contributed by atoms with van der Waals surface area (Å²) in [6.45, 7) is 6.84. The molecule has 0 radical (unpaired) electrons. The lowest BCUT2D eigenvalue weighted by atomic mass is 9.92. The molecule has 1 unspecified atom stereocenters. The van der Waals surface area contributed by atoms with E-state index >= 15 is 0 Å². The Kier molecular flexibility index (Phi) is 4.79. The molecule has 0 fully saturated rings. The summed E-state index contributed by atoms with van der Waals surface area (Å²) in [6, 6.07) is 10.9. The zero-order valence-electron chi connectivity index (χ0n) is 12.0. The van der Waals surface area contributed by atoms with Gasteiger partial charge in [0.2, 0.25) is 0 Å². The Morgan fingerprint density at radius 1 is 1.15 bits per heavy atom. The third-order valence-corrected chi connectivity index (χ3v) is 3.98. The highest BCUT2D eigenvalue weighted by Gasteiger charge is 2.18. The van der Waals surface area contributed by atoms with Gasteiger partial charge in [0.25, 0.3) is 0 Å². The van der Waals surface area contributed by atoms with Crippen molar-refractivity contribution in [3.05, 3.63) is 69.5 Å². The minimum Gasteiger partial charge on any atom is -0.307 e. The van der Waals surface area contributed by atoms with Crippen molar-refractivity contribution < 1.29 is 4.39 Å². The summed E-state index contributed by atoms with van der Waals surface area (Å²) in [5.74, 6) is -0.204. The molecule has 1 atom stereocenters. The van der Waals surface area contributed by atoms with Crippen molar-refractivity contribution in [3.8, 4) is 0 Å². The molecule has 20 heavy (non-hydrogen) atoms. The summed E-state index contributed by atoms with van der Waals surface area (Å²) >= 11 is 6.22. The van der Waals surface area contributed by atoms with Crippen LogP contribution in [-0.4, -0.2) is 6.54 Å². The average Bonchev–Trinajstić information content (AvgIpc) is 2.40. The Labute approximate surface area is 124 Å². The molecule has 3 heteroatoms. The van der Waals surface area contributed by atoms with Gasteiger partial charge in [-0.2, -0.15) is 0 Å². The second-order valence-electron chi connectivity index (χ2n) is 4.95. The predicted octanol–water partition coefficient (Wildman–Crippen LogP) is 4.79. The average molecular weight is 292 g/mol. The van der Waals surface area contributed by atoms with E-state index in [1.54, 1.807) is 6.07 Å². The minimum absolute atomic E-state index is 0.0271. The SMILES string of the molecule is CCNC(c1ccc(F)cc1C)c1cccc(Cl)c1C. The highest BCUT2D eigenvalue weighted by Crippen LogP contribution is 2.30. The molecule has 2 aromatic carbocycles. The second kappa shape index (κ2) is 6.38. The second-order valence-corrected chi connectivity index (χ2v) is 5.35. The summed E-state index contributed by atoms with van der Waals surface area (Å²) in [6.07, 6.45) is 0. The Bertz CT molecular complexity index is 610. The molecular weight excluding hydrogens is 273 g/mol. The van der Waals surface area contributed by atoms with Crippen LogP contribution >= 0.6 is 11.6 Å². The molecule has 1 nitrogen and oxygen atoms in total. The molecule has 1 N–H and O–H groups in total. The van der Waals surface area contributed by atoms with Crippen LogP contribution in [0.25, 0.3) is 0 Å². The molecule has 106 valence electrons. The Balaban J connectivity index is 2.53. The van der Waals surface area contributed by atoms with Gasteiger partial charge in [0.1, 0.15) is 5.82 Å². The molecular formula is C17H19ClFN. The topological polar surface area (TPSA) is 12.0 Å². The molecule has 0 aliphatic heterocycles. The third-order valence-electron chi connectivity index (χ3n) is 3.57. The number of aryl methyl sites for hydroxylation is 1. The highest BCUT2D eigenvalue weighted by atomic mass is 35.5. The normalized spacial score (nSPS) is 12.4. The fraction of sp³-hybridized carbons (Fsp3) is 0.294. The zero-order chi connectivity index (χ0) is 14.7. The first-order chi connectivity index (χ1) is 9.54. The van der Waals surface area contributed by atoms with E-state index in [4.69, 9.17) is 11.6 Å². The number of nitrogens with one attached hydrogen (secondary N) is 1. The van der Waals surface area contributed by atoms with Crippen LogP contribution in [0.15, 0.2) is 36.4 Å². The van der Waals surface area contributed by atoms with Crippen LogP contribution in [-0.2, 0) is 0 Å². The van der Waals surface area contributed by atoms with Crippen LogP contribution in [0.4, 0.5) is 4.39 Å². The number of rotatable bonds is 4. The van der Waals surface area contributed by atoms with Gasteiger partial charge in [0.15, 0.2) is 0 Å². The summed E-state index contributed by atoms with van der Waals surface area (Å²) in [4.78, 5) is 0. The molecule has 0 aliphatic rings. The van der Waals surface area contributed by atoms with Crippen LogP contribution < -0.4 is 5.32 Å². The van der Waals surface area contributed by atoms with E-state index < -0.39 is 0 Å². The van der Waals surface area contributed by atoms with Crippen LogP contribution in [0.2, 0.25) is 5.02 Å². The maximum Gasteiger partial charge on any atom is 0.123 e. The van der Waals surface area contributed by atoms with Gasteiger partial charge in [-0.25, -0.2) is 4.39 Å². The first-order valence-electron chi connectivity index (χ1n) is 6.79. The lowest BCUT2D eigenvalue weighted by Crippen LogP contribution is -2.23. The standard InChI is InChI=1S/C17H19ClFN/c1-4-20-17(14-9-8-13(19)10-11(14)2)15-6-5-7-16(18)12(15)3/h5-10,17,20H,4H2,1-3H3. The maximum atomic E-state index is 13.3. The third kappa shape index (κ3) is 3.02. The molecule has 0 aliphatic carbocycles. The Hall–Kier alpha value is -1.38. The van der Waals surface area contributed by atoms with E-state index in [0.717, 1.165) is 33.8 Å². The molecule has 0 bridgehead atoms. The molecule has 0 amide bonds. The van der Waals surface area contributed by atoms with E-state index in [-0.39, 0.29) is 11.9 Å². The van der Waals surface area contributed by atoms with Gasteiger partial charge in [0, 0.05) is 5.02 Å². The van der Waals surface area contributed by atoms with Gasteiger partial charge in [-0.1, -0.05) is 36.7 Å². The first-order valence-corrected chi connectivity index (χ1v) is 7.16. The molecule has 2 rings (SSSR count). The molecule has 0 spiro atoms. The van der Waals surface area contributed by atoms with Gasteiger partial charge in [0.05, 0.1) is 6.04 Å². The van der Waals surface area contributed by atoms with Crippen LogP contribution in [0.3, 0.4) is 0 Å². The van der Waals surface area contributed by atoms with Crippen molar-refractivity contribution in [2.24, 2.45) is 0 Å². The van der Waals surface area contributed by atoms with Gasteiger partial charge in [-0.15, -0.1) is 0 Å². The highest BCUT2D eigenvalue weighted by molar-refractivity contribution is 6.31. The van der Waals surface area contributed by atoms with Crippen molar-refractivity contribution >= 4 is 11.6 Å². The molecule has 2 aromatic rings. The van der Waals surface area contributed by atoms with Gasteiger partial charge >= 0.3 is 0 Å². The maximum absolute atomic E-state index is 13.3. The summed E-state index contributed by atoms with van der Waals surface area (Å²) in [7, 11) is 0. The fourth-order valence-electron chi connectivity index (χ4n) is 2.49. The van der Waals surface area contributed by atoms with Crippen molar-refractivity contribution in [3.63, 3.8) is 0 Å². The van der Waals surface area contributed by atoms with Gasteiger partial charge in [-0.05, 0) is 60.8 Å². The number of hydrogen-bond donors (Lipinski definition) is 1. The van der Waals surface area contributed by atoms with Crippen LogP contribution in [0, 0.1) is 19.7 Å². The smallest absolute Gasteiger partial charge is 0.123 e. The monoisotopic (exact) mass is 291 g/mol. The van der Waals surface area contributed by atoms with Crippen molar-refractivity contribution in [1.82, 2.24) is 5.32 Å². The summed E-state index contributed by atoms with van der Waals surface area (Å²) in [5.41, 5.74) is 4.21. The first kappa shape index (κ1) is 15.0. The Morgan fingerprint density at radius 3 is 2.55 bits per heavy atom. The zero-order valence-corrected chi connectivity index (χ0v) is 12.8. The number of halogens is 2. The van der Waals surface area contributed by atoms with E-state index in [1.165, 1.54) is 6.07 Å². The fourth-order valence-corrected chi connectivity index (χ4v) is 2.67. The minimum atomic E-state index is -0.204. The summed E-state index contributed by atoms with van der Waals surface area (Å²) < 4.78 is 13.3. The lowest BCUT2D eigenvalue weighted by Gasteiger charge is -2.23. The van der Waals surface area contributed by atoms with E-state index in [9.17, 15) is 4.39 Å². The summed E-state index contributed by atoms with van der Waals surface area (Å²) in [5, 5.41) is 4.22. The van der Waals surface area contributed by atoms with Crippen molar-refractivity contribution in [2.75, 3.05) is 6.54 Å². The van der Waals surface area contributed by atoms with Crippen LogP contribution in [0.5, 0.6) is 0 Å². The Morgan fingerprint density at radius 2 is 1.90 bits per heavy atom. The molecule has 0 saturated carbocycles. The molecule has 0 heterocycles. The van der Waals surface area contributed by atoms with Gasteiger partial charge < -0.3 is 5.32 Å². The lowest BCUT2D eigenvalue weighted by molar-refractivity contribution is 0.608. The molecule has 0 saturated heterocycles. The van der Waals surface area contributed by atoms with Crippen LogP contribution in [0.1, 0.15) is 35.2 Å². The predicted molar refractivity (Wildman–Crippen MR) is 82.8 cm³/mol. The van der Waals surface area contributed by atoms with Gasteiger partial charge in [-0.3, -0.25) is 0 Å². The number of benzene rings is 2. The van der Waals surface area contributed by atoms with E-state index in [1.807, 2.05) is 32.0 Å². The molecule has 0 aromatic heterocycles.